The minimum Gasteiger partial charge on any atom is -0.497 e. The van der Waals surface area contributed by atoms with Gasteiger partial charge < -0.3 is 10.5 Å². The Morgan fingerprint density at radius 2 is 1.83 bits per heavy atom. The van der Waals surface area contributed by atoms with Crippen LogP contribution >= 0.6 is 22.9 Å². The fourth-order valence-electron chi connectivity index (χ4n) is 3.63. The molecule has 4 nitrogen and oxygen atoms in total. The summed E-state index contributed by atoms with van der Waals surface area (Å²) in [7, 11) is 1.65. The van der Waals surface area contributed by atoms with E-state index in [1.807, 2.05) is 24.3 Å². The van der Waals surface area contributed by atoms with Crippen LogP contribution in [0.15, 0.2) is 54.6 Å². The number of nitrogen functional groups attached to an aromatic ring is 1. The maximum Gasteiger partial charge on any atom is 0.205 e. The zero-order valence-electron chi connectivity index (χ0n) is 16.3. The van der Waals surface area contributed by atoms with Crippen LogP contribution in [-0.4, -0.2) is 17.9 Å². The molecule has 0 atom stereocenters. The topological polar surface area (TPSA) is 65.2 Å². The third-order valence-electron chi connectivity index (χ3n) is 5.43. The monoisotopic (exact) mass is 434 g/mol. The van der Waals surface area contributed by atoms with E-state index in [9.17, 15) is 4.79 Å². The lowest BCUT2D eigenvalue weighted by Gasteiger charge is -2.09. The summed E-state index contributed by atoms with van der Waals surface area (Å²) in [5.41, 5.74) is 10.7. The molecule has 2 N–H and O–H groups in total. The van der Waals surface area contributed by atoms with Crippen molar-refractivity contribution < 1.29 is 9.53 Å². The first-order valence-electron chi connectivity index (χ1n) is 9.72. The van der Waals surface area contributed by atoms with Crippen LogP contribution in [0.1, 0.15) is 39.7 Å². The van der Waals surface area contributed by atoms with E-state index in [4.69, 9.17) is 27.1 Å². The first-order valence-corrected chi connectivity index (χ1v) is 10.9. The zero-order chi connectivity index (χ0) is 20.8. The van der Waals surface area contributed by atoms with E-state index < -0.39 is 0 Å². The van der Waals surface area contributed by atoms with Crippen molar-refractivity contribution in [2.24, 2.45) is 0 Å². The van der Waals surface area contributed by atoms with Crippen LogP contribution in [0.25, 0.3) is 21.3 Å². The fourth-order valence-corrected chi connectivity index (χ4v) is 4.84. The first-order chi connectivity index (χ1) is 14.5. The summed E-state index contributed by atoms with van der Waals surface area (Å²) in [5.74, 6) is 1.18. The minimum absolute atomic E-state index is 0.110. The van der Waals surface area contributed by atoms with Crippen molar-refractivity contribution >= 4 is 44.6 Å². The van der Waals surface area contributed by atoms with Gasteiger partial charge in [0.05, 0.1) is 12.8 Å². The third-order valence-corrected chi connectivity index (χ3v) is 6.78. The predicted octanol–water partition coefficient (Wildman–Crippen LogP) is 6.32. The second kappa shape index (κ2) is 7.42. The van der Waals surface area contributed by atoms with Gasteiger partial charge in [-0.2, -0.15) is 0 Å². The van der Waals surface area contributed by atoms with Gasteiger partial charge in [-0.25, -0.2) is 4.98 Å². The molecule has 2 aromatic heterocycles. The Labute approximate surface area is 183 Å². The van der Waals surface area contributed by atoms with Gasteiger partial charge in [0.25, 0.3) is 0 Å². The second-order valence-electron chi connectivity index (χ2n) is 7.46. The lowest BCUT2D eigenvalue weighted by Crippen LogP contribution is -2.02. The van der Waals surface area contributed by atoms with Crippen molar-refractivity contribution in [1.82, 2.24) is 4.98 Å². The van der Waals surface area contributed by atoms with Gasteiger partial charge in [0, 0.05) is 27.6 Å². The molecule has 2 heterocycles. The first kappa shape index (κ1) is 19.1. The number of hydrogen-bond donors (Lipinski definition) is 1. The molecule has 0 spiro atoms. The van der Waals surface area contributed by atoms with Crippen molar-refractivity contribution in [3.63, 3.8) is 0 Å². The smallest absolute Gasteiger partial charge is 0.205 e. The van der Waals surface area contributed by atoms with Gasteiger partial charge in [-0.3, -0.25) is 4.79 Å². The van der Waals surface area contributed by atoms with E-state index in [2.05, 4.69) is 6.07 Å². The Kier molecular flexibility index (Phi) is 4.72. The Morgan fingerprint density at radius 3 is 2.47 bits per heavy atom. The highest BCUT2D eigenvalue weighted by Crippen LogP contribution is 2.45. The van der Waals surface area contributed by atoms with Gasteiger partial charge in [-0.05, 0) is 66.4 Å². The highest BCUT2D eigenvalue weighted by Gasteiger charge is 2.28. The number of nitrogens with zero attached hydrogens (tertiary/aromatic N) is 1. The van der Waals surface area contributed by atoms with Crippen molar-refractivity contribution in [1.29, 1.82) is 0 Å². The SMILES string of the molecule is COc1ccc(-c2cc(C3CC3)nc3sc(C(=O)c4ccc(Cl)cc4)c(N)c23)cc1. The summed E-state index contributed by atoms with van der Waals surface area (Å²) < 4.78 is 5.29. The number of methoxy groups -OCH3 is 1. The summed E-state index contributed by atoms with van der Waals surface area (Å²) in [6, 6.07) is 16.9. The number of ether oxygens (including phenoxy) is 1. The Morgan fingerprint density at radius 1 is 1.13 bits per heavy atom. The van der Waals surface area contributed by atoms with Crippen molar-refractivity contribution in [3.05, 3.63) is 75.8 Å². The molecule has 0 bridgehead atoms. The Balaban J connectivity index is 1.69. The number of fused-ring (bicyclic) bond motifs is 1. The number of benzene rings is 2. The molecule has 0 aliphatic heterocycles. The molecular formula is C24H19ClN2O2S. The molecule has 1 saturated carbocycles. The lowest BCUT2D eigenvalue weighted by molar-refractivity contribution is 0.104. The minimum atomic E-state index is -0.110. The van der Waals surface area contributed by atoms with Crippen LogP contribution in [0.3, 0.4) is 0 Å². The summed E-state index contributed by atoms with van der Waals surface area (Å²) in [6.07, 6.45) is 2.30. The average molecular weight is 435 g/mol. The molecule has 150 valence electrons. The zero-order valence-corrected chi connectivity index (χ0v) is 17.9. The van der Waals surface area contributed by atoms with Crippen LogP contribution in [0.5, 0.6) is 5.75 Å². The molecule has 5 rings (SSSR count). The highest BCUT2D eigenvalue weighted by atomic mass is 35.5. The molecule has 0 amide bonds. The van der Waals surface area contributed by atoms with Crippen LogP contribution in [0.4, 0.5) is 5.69 Å². The number of carbonyl (C=O) groups is 1. The Bertz CT molecular complexity index is 1260. The third kappa shape index (κ3) is 3.34. The standard InChI is InChI=1S/C24H19ClN2O2S/c1-29-17-10-6-13(7-11-17)18-12-19(14-2-3-14)27-24-20(18)21(26)23(30-24)22(28)15-4-8-16(25)9-5-15/h4-12,14H,2-3,26H2,1H3. The van der Waals surface area contributed by atoms with Gasteiger partial charge in [-0.1, -0.05) is 23.7 Å². The van der Waals surface area contributed by atoms with E-state index in [1.165, 1.54) is 11.3 Å². The highest BCUT2D eigenvalue weighted by molar-refractivity contribution is 7.21. The van der Waals surface area contributed by atoms with Gasteiger partial charge >= 0.3 is 0 Å². The number of anilines is 1. The number of hydrogen-bond acceptors (Lipinski definition) is 5. The molecular weight excluding hydrogens is 416 g/mol. The maximum atomic E-state index is 13.2. The van der Waals surface area contributed by atoms with Crippen LogP contribution in [0.2, 0.25) is 5.02 Å². The molecule has 1 aliphatic carbocycles. The van der Waals surface area contributed by atoms with Crippen LogP contribution < -0.4 is 10.5 Å². The number of rotatable bonds is 5. The number of nitrogens with two attached hydrogens (primary N) is 1. The molecule has 0 unspecified atom stereocenters. The molecule has 2 aromatic carbocycles. The van der Waals surface area contributed by atoms with Crippen molar-refractivity contribution in [3.8, 4) is 16.9 Å². The van der Waals surface area contributed by atoms with E-state index in [1.54, 1.807) is 31.4 Å². The van der Waals surface area contributed by atoms with Crippen molar-refractivity contribution in [2.75, 3.05) is 12.8 Å². The van der Waals surface area contributed by atoms with Gasteiger partial charge in [0.15, 0.2) is 0 Å². The summed E-state index contributed by atoms with van der Waals surface area (Å²) in [4.78, 5) is 19.3. The van der Waals surface area contributed by atoms with Gasteiger partial charge in [0.2, 0.25) is 5.78 Å². The number of aromatic nitrogens is 1. The number of carbonyl (C=O) groups excluding carboxylic acids is 1. The molecule has 4 aromatic rings. The summed E-state index contributed by atoms with van der Waals surface area (Å²) >= 11 is 7.33. The summed E-state index contributed by atoms with van der Waals surface area (Å²) in [6.45, 7) is 0. The lowest BCUT2D eigenvalue weighted by atomic mass is 9.99. The van der Waals surface area contributed by atoms with E-state index in [0.29, 0.717) is 27.1 Å². The average Bonchev–Trinajstić information content (AvgIpc) is 3.57. The molecule has 6 heteroatoms. The number of halogens is 1. The fraction of sp³-hybridized carbons (Fsp3) is 0.167. The quantitative estimate of drug-likeness (QED) is 0.373. The molecule has 1 aliphatic rings. The maximum absolute atomic E-state index is 13.2. The largest absolute Gasteiger partial charge is 0.497 e. The van der Waals surface area contributed by atoms with Crippen LogP contribution in [-0.2, 0) is 0 Å². The number of thiophene rings is 1. The van der Waals surface area contributed by atoms with E-state index >= 15 is 0 Å². The second-order valence-corrected chi connectivity index (χ2v) is 8.89. The summed E-state index contributed by atoms with van der Waals surface area (Å²) in [5, 5.41) is 1.43. The normalized spacial score (nSPS) is 13.5. The van der Waals surface area contributed by atoms with Gasteiger partial charge in [0.1, 0.15) is 15.5 Å². The van der Waals surface area contributed by atoms with E-state index in [-0.39, 0.29) is 5.78 Å². The molecule has 30 heavy (non-hydrogen) atoms. The molecule has 0 saturated heterocycles. The Hall–Kier alpha value is -2.89. The predicted molar refractivity (Wildman–Crippen MR) is 123 cm³/mol. The van der Waals surface area contributed by atoms with E-state index in [0.717, 1.165) is 45.6 Å². The van der Waals surface area contributed by atoms with Crippen LogP contribution in [0, 0.1) is 0 Å². The van der Waals surface area contributed by atoms with Crippen molar-refractivity contribution in [2.45, 2.75) is 18.8 Å². The molecule has 1 fully saturated rings. The van der Waals surface area contributed by atoms with Gasteiger partial charge in [-0.15, -0.1) is 11.3 Å². The number of pyridine rings is 1. The number of ketones is 1. The molecule has 0 radical (unpaired) electrons.